The van der Waals surface area contributed by atoms with E-state index in [4.69, 9.17) is 9.84 Å². The Kier molecular flexibility index (Phi) is 4.93. The molecule has 0 aliphatic carbocycles. The van der Waals surface area contributed by atoms with E-state index in [1.54, 1.807) is 0 Å². The number of amides is 1. The Morgan fingerprint density at radius 1 is 0.957 bits per heavy atom. The highest BCUT2D eigenvalue weighted by molar-refractivity contribution is 5.94. The number of aliphatic hydroxyl groups is 1. The van der Waals surface area contributed by atoms with Gasteiger partial charge in [-0.1, -0.05) is 24.3 Å². The van der Waals surface area contributed by atoms with E-state index in [1.165, 1.54) is 0 Å². The fourth-order valence-electron chi connectivity index (χ4n) is 2.70. The number of hydrogen-bond acceptors (Lipinski definition) is 3. The molecule has 4 nitrogen and oxygen atoms in total. The van der Waals surface area contributed by atoms with E-state index >= 15 is 0 Å². The molecule has 1 aliphatic heterocycles. The quantitative estimate of drug-likeness (QED) is 0.923. The second-order valence-electron chi connectivity index (χ2n) is 5.79. The standard InChI is InChI=1S/C19H21NO3/c21-13-15-5-9-18(10-6-15)23-14-16-3-7-17(8-4-16)19(22)20-11-1-2-12-20/h3-10,21H,1-2,11-14H2. The number of aliphatic hydroxyl groups excluding tert-OH is 1. The molecule has 0 saturated carbocycles. The average Bonchev–Trinajstić information content (AvgIpc) is 3.15. The van der Waals surface area contributed by atoms with Gasteiger partial charge in [-0.2, -0.15) is 0 Å². The summed E-state index contributed by atoms with van der Waals surface area (Å²) in [6.45, 7) is 2.23. The Morgan fingerprint density at radius 2 is 1.57 bits per heavy atom. The van der Waals surface area contributed by atoms with Gasteiger partial charge in [0.2, 0.25) is 0 Å². The van der Waals surface area contributed by atoms with Crippen molar-refractivity contribution < 1.29 is 14.6 Å². The van der Waals surface area contributed by atoms with Gasteiger partial charge in [-0.25, -0.2) is 0 Å². The van der Waals surface area contributed by atoms with Crippen LogP contribution in [-0.2, 0) is 13.2 Å². The van der Waals surface area contributed by atoms with Crippen molar-refractivity contribution in [1.82, 2.24) is 4.90 Å². The lowest BCUT2D eigenvalue weighted by molar-refractivity contribution is 0.0793. The summed E-state index contributed by atoms with van der Waals surface area (Å²) < 4.78 is 5.71. The zero-order valence-corrected chi connectivity index (χ0v) is 13.1. The van der Waals surface area contributed by atoms with Crippen LogP contribution in [0.4, 0.5) is 0 Å². The zero-order valence-electron chi connectivity index (χ0n) is 13.1. The molecule has 120 valence electrons. The number of ether oxygens (including phenoxy) is 1. The van der Waals surface area contributed by atoms with Crippen LogP contribution in [0.1, 0.15) is 34.3 Å². The largest absolute Gasteiger partial charge is 0.489 e. The summed E-state index contributed by atoms with van der Waals surface area (Å²) in [5, 5.41) is 9.01. The van der Waals surface area contributed by atoms with Crippen LogP contribution in [0.25, 0.3) is 0 Å². The molecule has 0 atom stereocenters. The van der Waals surface area contributed by atoms with Crippen LogP contribution < -0.4 is 4.74 Å². The molecule has 0 aromatic heterocycles. The Balaban J connectivity index is 1.57. The van der Waals surface area contributed by atoms with Gasteiger partial charge in [0.15, 0.2) is 0 Å². The molecule has 1 aliphatic rings. The van der Waals surface area contributed by atoms with Gasteiger partial charge in [0.05, 0.1) is 6.61 Å². The fraction of sp³-hybridized carbons (Fsp3) is 0.316. The van der Waals surface area contributed by atoms with Gasteiger partial charge in [0, 0.05) is 18.7 Å². The number of nitrogens with zero attached hydrogens (tertiary/aromatic N) is 1. The molecule has 3 rings (SSSR count). The molecule has 2 aromatic carbocycles. The highest BCUT2D eigenvalue weighted by atomic mass is 16.5. The Bertz CT molecular complexity index is 643. The monoisotopic (exact) mass is 311 g/mol. The predicted octanol–water partition coefficient (Wildman–Crippen LogP) is 2.99. The third-order valence-corrected chi connectivity index (χ3v) is 4.11. The lowest BCUT2D eigenvalue weighted by Crippen LogP contribution is -2.27. The molecule has 0 spiro atoms. The van der Waals surface area contributed by atoms with Gasteiger partial charge in [0.1, 0.15) is 12.4 Å². The predicted molar refractivity (Wildman–Crippen MR) is 88.3 cm³/mol. The van der Waals surface area contributed by atoms with Gasteiger partial charge in [-0.15, -0.1) is 0 Å². The molecule has 1 heterocycles. The first-order valence-corrected chi connectivity index (χ1v) is 7.97. The summed E-state index contributed by atoms with van der Waals surface area (Å²) in [6.07, 6.45) is 2.21. The summed E-state index contributed by atoms with van der Waals surface area (Å²) in [4.78, 5) is 14.2. The summed E-state index contributed by atoms with van der Waals surface area (Å²) in [5.74, 6) is 0.883. The van der Waals surface area contributed by atoms with Crippen molar-refractivity contribution in [2.45, 2.75) is 26.1 Å². The highest BCUT2D eigenvalue weighted by Crippen LogP contribution is 2.16. The van der Waals surface area contributed by atoms with E-state index in [9.17, 15) is 4.79 Å². The van der Waals surface area contributed by atoms with Gasteiger partial charge < -0.3 is 14.7 Å². The van der Waals surface area contributed by atoms with Crippen molar-refractivity contribution in [2.75, 3.05) is 13.1 Å². The molecule has 0 radical (unpaired) electrons. The van der Waals surface area contributed by atoms with Gasteiger partial charge in [-0.3, -0.25) is 4.79 Å². The van der Waals surface area contributed by atoms with Crippen LogP contribution in [0.15, 0.2) is 48.5 Å². The van der Waals surface area contributed by atoms with Crippen LogP contribution in [0.5, 0.6) is 5.75 Å². The molecule has 23 heavy (non-hydrogen) atoms. The maximum Gasteiger partial charge on any atom is 0.253 e. The van der Waals surface area contributed by atoms with E-state index < -0.39 is 0 Å². The smallest absolute Gasteiger partial charge is 0.253 e. The van der Waals surface area contributed by atoms with E-state index in [2.05, 4.69) is 0 Å². The van der Waals surface area contributed by atoms with Crippen LogP contribution in [0.2, 0.25) is 0 Å². The minimum atomic E-state index is 0.0345. The van der Waals surface area contributed by atoms with Crippen molar-refractivity contribution in [3.05, 3.63) is 65.2 Å². The number of likely N-dealkylation sites (tertiary alicyclic amines) is 1. The maximum absolute atomic E-state index is 12.3. The maximum atomic E-state index is 12.3. The summed E-state index contributed by atoms with van der Waals surface area (Å²) in [5.41, 5.74) is 2.62. The first-order valence-electron chi connectivity index (χ1n) is 7.97. The van der Waals surface area contributed by atoms with E-state index in [0.717, 1.165) is 48.4 Å². The zero-order chi connectivity index (χ0) is 16.1. The third-order valence-electron chi connectivity index (χ3n) is 4.11. The molecular formula is C19H21NO3. The summed E-state index contributed by atoms with van der Waals surface area (Å²) >= 11 is 0. The van der Waals surface area contributed by atoms with Gasteiger partial charge >= 0.3 is 0 Å². The second-order valence-corrected chi connectivity index (χ2v) is 5.79. The molecule has 2 aromatic rings. The average molecular weight is 311 g/mol. The second kappa shape index (κ2) is 7.29. The number of carbonyl (C=O) groups is 1. The lowest BCUT2D eigenvalue weighted by atomic mass is 10.1. The third kappa shape index (κ3) is 3.90. The Morgan fingerprint density at radius 3 is 2.17 bits per heavy atom. The van der Waals surface area contributed by atoms with Crippen LogP contribution in [0.3, 0.4) is 0 Å². The van der Waals surface area contributed by atoms with Crippen molar-refractivity contribution in [3.63, 3.8) is 0 Å². The number of carbonyl (C=O) groups excluding carboxylic acids is 1. The van der Waals surface area contributed by atoms with E-state index in [0.29, 0.717) is 6.61 Å². The van der Waals surface area contributed by atoms with Crippen molar-refractivity contribution in [3.8, 4) is 5.75 Å². The Labute approximate surface area is 136 Å². The van der Waals surface area contributed by atoms with Gasteiger partial charge in [-0.05, 0) is 48.2 Å². The van der Waals surface area contributed by atoms with Crippen molar-refractivity contribution in [1.29, 1.82) is 0 Å². The van der Waals surface area contributed by atoms with E-state index in [1.807, 2.05) is 53.4 Å². The van der Waals surface area contributed by atoms with Crippen LogP contribution >= 0.6 is 0 Å². The Hall–Kier alpha value is -2.33. The number of benzene rings is 2. The van der Waals surface area contributed by atoms with Crippen LogP contribution in [-0.4, -0.2) is 29.0 Å². The van der Waals surface area contributed by atoms with E-state index in [-0.39, 0.29) is 12.5 Å². The number of hydrogen-bond donors (Lipinski definition) is 1. The van der Waals surface area contributed by atoms with Crippen LogP contribution in [0, 0.1) is 0 Å². The highest BCUT2D eigenvalue weighted by Gasteiger charge is 2.19. The number of rotatable bonds is 5. The molecule has 0 unspecified atom stereocenters. The molecule has 4 heteroatoms. The molecular weight excluding hydrogens is 290 g/mol. The van der Waals surface area contributed by atoms with Crippen molar-refractivity contribution in [2.24, 2.45) is 0 Å². The minimum Gasteiger partial charge on any atom is -0.489 e. The normalized spacial score (nSPS) is 14.0. The topological polar surface area (TPSA) is 49.8 Å². The molecule has 0 bridgehead atoms. The molecule has 1 N–H and O–H groups in total. The summed E-state index contributed by atoms with van der Waals surface area (Å²) in [6, 6.07) is 15.0. The SMILES string of the molecule is O=C(c1ccc(COc2ccc(CO)cc2)cc1)N1CCCC1. The lowest BCUT2D eigenvalue weighted by Gasteiger charge is -2.15. The first-order chi connectivity index (χ1) is 11.3. The van der Waals surface area contributed by atoms with Crippen molar-refractivity contribution >= 4 is 5.91 Å². The summed E-state index contributed by atoms with van der Waals surface area (Å²) in [7, 11) is 0. The molecule has 1 fully saturated rings. The first kappa shape index (κ1) is 15.6. The van der Waals surface area contributed by atoms with Gasteiger partial charge in [0.25, 0.3) is 5.91 Å². The fourth-order valence-corrected chi connectivity index (χ4v) is 2.70. The molecule has 1 amide bonds. The molecule has 1 saturated heterocycles. The minimum absolute atomic E-state index is 0.0345.